The van der Waals surface area contributed by atoms with Crippen molar-refractivity contribution in [2.75, 3.05) is 0 Å². The van der Waals surface area contributed by atoms with Crippen LogP contribution in [0.2, 0.25) is 0 Å². The molecule has 148 valence electrons. The summed E-state index contributed by atoms with van der Waals surface area (Å²) in [5.74, 6) is 0.590. The van der Waals surface area contributed by atoms with Crippen molar-refractivity contribution in [3.8, 4) is 6.01 Å². The highest BCUT2D eigenvalue weighted by Crippen LogP contribution is 2.30. The minimum atomic E-state index is -0.299. The second-order valence-electron chi connectivity index (χ2n) is 8.49. The van der Waals surface area contributed by atoms with Crippen molar-refractivity contribution in [2.45, 2.75) is 27.7 Å². The maximum Gasteiger partial charge on any atom is 0.304 e. The van der Waals surface area contributed by atoms with E-state index in [9.17, 15) is 4.79 Å². The zero-order chi connectivity index (χ0) is 20.6. The Bertz CT molecular complexity index is 1200. The molecule has 2 aliphatic carbocycles. The van der Waals surface area contributed by atoms with Crippen LogP contribution >= 0.6 is 0 Å². The van der Waals surface area contributed by atoms with Crippen LogP contribution in [0, 0.1) is 10.8 Å². The molecule has 0 amide bonds. The molecule has 0 aliphatic heterocycles. The van der Waals surface area contributed by atoms with Gasteiger partial charge in [-0.3, -0.25) is 14.9 Å². The second-order valence-corrected chi connectivity index (χ2v) is 8.49. The maximum absolute atomic E-state index is 12.8. The van der Waals surface area contributed by atoms with Gasteiger partial charge in [-0.25, -0.2) is 0 Å². The predicted molar refractivity (Wildman–Crippen MR) is 115 cm³/mol. The van der Waals surface area contributed by atoms with Crippen LogP contribution < -0.4 is 10.3 Å². The Kier molecular flexibility index (Phi) is 4.49. The van der Waals surface area contributed by atoms with Gasteiger partial charge in [0.25, 0.3) is 5.56 Å². The number of nitrogens with one attached hydrogen (secondary N) is 2. The van der Waals surface area contributed by atoms with Gasteiger partial charge < -0.3 is 4.74 Å². The summed E-state index contributed by atoms with van der Waals surface area (Å²) in [7, 11) is 0. The summed E-state index contributed by atoms with van der Waals surface area (Å²) in [5.41, 5.74) is 1.35. The molecule has 0 aromatic carbocycles. The van der Waals surface area contributed by atoms with Crippen molar-refractivity contribution in [3.63, 3.8) is 0 Å². The molecule has 0 saturated heterocycles. The molecule has 2 N–H and O–H groups in total. The molecule has 6 nitrogen and oxygen atoms in total. The topological polar surface area (TPSA) is 83.7 Å². The van der Waals surface area contributed by atoms with E-state index in [0.717, 1.165) is 5.57 Å². The molecule has 0 atom stereocenters. The summed E-state index contributed by atoms with van der Waals surface area (Å²) in [4.78, 5) is 19.9. The van der Waals surface area contributed by atoms with Gasteiger partial charge in [-0.05, 0) is 17.7 Å². The van der Waals surface area contributed by atoms with Gasteiger partial charge in [0.1, 0.15) is 11.1 Å². The Morgan fingerprint density at radius 3 is 2.59 bits per heavy atom. The van der Waals surface area contributed by atoms with Gasteiger partial charge >= 0.3 is 6.01 Å². The summed E-state index contributed by atoms with van der Waals surface area (Å²) < 4.78 is 5.79. The number of rotatable bonds is 3. The Balaban J connectivity index is 1.70. The number of ether oxygens (including phenoxy) is 1. The van der Waals surface area contributed by atoms with E-state index in [4.69, 9.17) is 4.74 Å². The Morgan fingerprint density at radius 1 is 0.966 bits per heavy atom. The predicted octanol–water partition coefficient (Wildman–Crippen LogP) is 4.60. The lowest BCUT2D eigenvalue weighted by molar-refractivity contribution is 0.407. The van der Waals surface area contributed by atoms with E-state index >= 15 is 0 Å². The Hall–Kier alpha value is -3.41. The minimum Gasteiger partial charge on any atom is -0.426 e. The van der Waals surface area contributed by atoms with Crippen LogP contribution in [0.15, 0.2) is 71.3 Å². The van der Waals surface area contributed by atoms with E-state index in [-0.39, 0.29) is 22.4 Å². The monoisotopic (exact) mass is 388 g/mol. The lowest BCUT2D eigenvalue weighted by atomic mass is 9.90. The zero-order valence-corrected chi connectivity index (χ0v) is 17.0. The summed E-state index contributed by atoms with van der Waals surface area (Å²) >= 11 is 0. The van der Waals surface area contributed by atoms with Crippen LogP contribution in [0.1, 0.15) is 33.4 Å². The van der Waals surface area contributed by atoms with Crippen molar-refractivity contribution in [2.24, 2.45) is 10.8 Å². The first-order chi connectivity index (χ1) is 13.7. The number of hydrogen-bond acceptors (Lipinski definition) is 4. The molecule has 0 fully saturated rings. The molecule has 6 heteroatoms. The molecular formula is C23H24N4O2. The van der Waals surface area contributed by atoms with Crippen molar-refractivity contribution < 1.29 is 4.74 Å². The first kappa shape index (κ1) is 18.9. The molecule has 0 radical (unpaired) electrons. The standard InChI is InChI=1S/C23H24N4O2/c1-22(2)12-7-9-16(10-13-22)29-21-24-19-17(20(28)25-21)18(26-27-19)15-8-5-6-11-23(3,4)14-15/h5-14H,1-4H3,(H2,24,25,26,27,28). The highest BCUT2D eigenvalue weighted by atomic mass is 16.5. The summed E-state index contributed by atoms with van der Waals surface area (Å²) in [6, 6.07) is 0.108. The smallest absolute Gasteiger partial charge is 0.304 e. The van der Waals surface area contributed by atoms with E-state index in [1.54, 1.807) is 0 Å². The van der Waals surface area contributed by atoms with Crippen LogP contribution in [0.4, 0.5) is 0 Å². The largest absolute Gasteiger partial charge is 0.426 e. The average Bonchev–Trinajstić information content (AvgIpc) is 2.88. The summed E-state index contributed by atoms with van der Waals surface area (Å²) in [6.07, 6.45) is 19.9. The van der Waals surface area contributed by atoms with Crippen LogP contribution in [-0.2, 0) is 0 Å². The van der Waals surface area contributed by atoms with Crippen LogP contribution in [0.3, 0.4) is 0 Å². The first-order valence-corrected chi connectivity index (χ1v) is 9.57. The van der Waals surface area contributed by atoms with Crippen molar-refractivity contribution in [3.05, 3.63) is 82.6 Å². The van der Waals surface area contributed by atoms with Gasteiger partial charge in [-0.15, -0.1) is 0 Å². The molecule has 2 aromatic rings. The number of aromatic nitrogens is 4. The molecule has 0 unspecified atom stereocenters. The third-order valence-corrected chi connectivity index (χ3v) is 4.81. The lowest BCUT2D eigenvalue weighted by Crippen LogP contribution is -2.11. The van der Waals surface area contributed by atoms with Crippen LogP contribution in [-0.4, -0.2) is 20.2 Å². The molecule has 0 bridgehead atoms. The molecule has 29 heavy (non-hydrogen) atoms. The van der Waals surface area contributed by atoms with E-state index in [1.807, 2.05) is 42.5 Å². The highest BCUT2D eigenvalue weighted by Gasteiger charge is 2.20. The fourth-order valence-electron chi connectivity index (χ4n) is 3.26. The second kappa shape index (κ2) is 6.88. The normalized spacial score (nSPS) is 19.6. The molecule has 2 aromatic heterocycles. The van der Waals surface area contributed by atoms with Gasteiger partial charge in [-0.1, -0.05) is 76.3 Å². The third kappa shape index (κ3) is 4.06. The SMILES string of the molecule is CC1(C)C=CC=C(Oc2nc3n[nH]c(C4=CC(C)(C)C=CC=C4)c3c(=O)[nH]2)C=C1. The molecule has 2 heterocycles. The van der Waals surface area contributed by atoms with E-state index in [0.29, 0.717) is 22.5 Å². The number of fused-ring (bicyclic) bond motifs is 1. The summed E-state index contributed by atoms with van der Waals surface area (Å²) in [5, 5.41) is 7.63. The highest BCUT2D eigenvalue weighted by molar-refractivity contribution is 5.91. The number of H-pyrrole nitrogens is 2. The van der Waals surface area contributed by atoms with E-state index < -0.39 is 0 Å². The van der Waals surface area contributed by atoms with Crippen molar-refractivity contribution >= 4 is 16.6 Å². The van der Waals surface area contributed by atoms with Gasteiger partial charge in [0.05, 0.1) is 5.69 Å². The Labute approximate surface area is 169 Å². The molecule has 4 rings (SSSR count). The molecular weight excluding hydrogens is 364 g/mol. The fraction of sp³-hybridized carbons (Fsp3) is 0.261. The molecule has 0 saturated carbocycles. The molecule has 0 spiro atoms. The van der Waals surface area contributed by atoms with Crippen LogP contribution in [0.5, 0.6) is 6.01 Å². The number of nitrogens with zero attached hydrogens (tertiary/aromatic N) is 2. The number of allylic oxidation sites excluding steroid dienone is 11. The van der Waals surface area contributed by atoms with Crippen molar-refractivity contribution in [1.29, 1.82) is 0 Å². The van der Waals surface area contributed by atoms with Gasteiger partial charge in [0, 0.05) is 10.8 Å². The average molecular weight is 388 g/mol. The van der Waals surface area contributed by atoms with Crippen molar-refractivity contribution in [1.82, 2.24) is 20.2 Å². The third-order valence-electron chi connectivity index (χ3n) is 4.81. The number of aromatic amines is 2. The number of hydrogen-bond donors (Lipinski definition) is 2. The summed E-state index contributed by atoms with van der Waals surface area (Å²) in [6.45, 7) is 8.41. The molecule has 2 aliphatic rings. The fourth-order valence-corrected chi connectivity index (χ4v) is 3.26. The Morgan fingerprint density at radius 2 is 1.76 bits per heavy atom. The quantitative estimate of drug-likeness (QED) is 0.805. The zero-order valence-electron chi connectivity index (χ0n) is 17.0. The van der Waals surface area contributed by atoms with E-state index in [2.05, 4.69) is 66.1 Å². The van der Waals surface area contributed by atoms with Gasteiger partial charge in [0.15, 0.2) is 5.65 Å². The lowest BCUT2D eigenvalue weighted by Gasteiger charge is -2.14. The van der Waals surface area contributed by atoms with Gasteiger partial charge in [0.2, 0.25) is 0 Å². The van der Waals surface area contributed by atoms with E-state index in [1.165, 1.54) is 0 Å². The first-order valence-electron chi connectivity index (χ1n) is 9.57. The minimum absolute atomic E-state index is 0.0634. The van der Waals surface area contributed by atoms with Gasteiger partial charge in [-0.2, -0.15) is 10.1 Å². The van der Waals surface area contributed by atoms with Crippen LogP contribution in [0.25, 0.3) is 16.6 Å². The maximum atomic E-state index is 12.8.